The Morgan fingerprint density at radius 1 is 1.05 bits per heavy atom. The van der Waals surface area contributed by atoms with Crippen LogP contribution < -0.4 is 19.5 Å². The zero-order chi connectivity index (χ0) is 29.2. The minimum absolute atomic E-state index is 0.0140. The Kier molecular flexibility index (Phi) is 10.8. The lowest BCUT2D eigenvalue weighted by molar-refractivity contribution is -0.161. The highest BCUT2D eigenvalue weighted by Gasteiger charge is 2.38. The Labute approximate surface area is 239 Å². The van der Waals surface area contributed by atoms with Gasteiger partial charge >= 0.3 is 11.9 Å². The van der Waals surface area contributed by atoms with E-state index in [4.69, 9.17) is 28.4 Å². The second-order valence-electron chi connectivity index (χ2n) is 10.2. The number of carbonyl (C=O) groups excluding carboxylic acids is 3. The highest BCUT2D eigenvalue weighted by Crippen LogP contribution is 2.31. The normalized spacial score (nSPS) is 23.3. The van der Waals surface area contributed by atoms with E-state index in [-0.39, 0.29) is 29.4 Å². The number of para-hydroxylation sites is 1. The molecule has 0 bridgehead atoms. The number of rotatable bonds is 10. The van der Waals surface area contributed by atoms with Crippen molar-refractivity contribution in [2.24, 2.45) is 0 Å². The van der Waals surface area contributed by atoms with Crippen LogP contribution in [0.1, 0.15) is 69.3 Å². The molecule has 41 heavy (non-hydrogen) atoms. The highest BCUT2D eigenvalue weighted by molar-refractivity contribution is 5.98. The third kappa shape index (κ3) is 8.32. The average Bonchev–Trinajstić information content (AvgIpc) is 3.49. The van der Waals surface area contributed by atoms with E-state index >= 15 is 0 Å². The lowest BCUT2D eigenvalue weighted by atomic mass is 10.0. The largest absolute Gasteiger partial charge is 0.493 e. The minimum atomic E-state index is -0.943. The maximum Gasteiger partial charge on any atom is 0.329 e. The van der Waals surface area contributed by atoms with E-state index in [1.54, 1.807) is 6.92 Å². The number of amides is 1. The van der Waals surface area contributed by atoms with Crippen LogP contribution >= 0.6 is 0 Å². The summed E-state index contributed by atoms with van der Waals surface area (Å²) in [5.41, 5.74) is -0.120. The van der Waals surface area contributed by atoms with Gasteiger partial charge in [-0.2, -0.15) is 0 Å². The number of hydrogen-bond donors (Lipinski definition) is 1. The molecule has 2 aromatic rings. The molecule has 4 rings (SSSR count). The summed E-state index contributed by atoms with van der Waals surface area (Å²) < 4.78 is 34.4. The first-order valence-corrected chi connectivity index (χ1v) is 14.0. The number of carbonyl (C=O) groups is 3. The Hall–Kier alpha value is -3.86. The van der Waals surface area contributed by atoms with E-state index in [0.717, 1.165) is 25.7 Å². The summed E-state index contributed by atoms with van der Waals surface area (Å²) in [4.78, 5) is 42.0. The summed E-state index contributed by atoms with van der Waals surface area (Å²) in [5, 5.41) is 2.74. The zero-order valence-electron chi connectivity index (χ0n) is 23.7. The smallest absolute Gasteiger partial charge is 0.329 e. The summed E-state index contributed by atoms with van der Waals surface area (Å²) >= 11 is 0. The third-order valence-electron chi connectivity index (χ3n) is 7.16. The Balaban J connectivity index is 1.51. The number of hydrogen-bond acceptors (Lipinski definition) is 10. The molecule has 11 heteroatoms. The maximum absolute atomic E-state index is 13.3. The number of benzene rings is 1. The van der Waals surface area contributed by atoms with Crippen molar-refractivity contribution in [3.05, 3.63) is 48.3 Å². The van der Waals surface area contributed by atoms with Crippen molar-refractivity contribution in [2.45, 2.75) is 89.3 Å². The molecule has 1 aromatic heterocycles. The highest BCUT2D eigenvalue weighted by atomic mass is 16.7. The first-order valence-electron chi connectivity index (χ1n) is 14.0. The van der Waals surface area contributed by atoms with Crippen LogP contribution in [0.5, 0.6) is 17.2 Å². The van der Waals surface area contributed by atoms with Gasteiger partial charge in [-0.25, -0.2) is 9.78 Å². The molecule has 1 N–H and O–H groups in total. The molecule has 2 fully saturated rings. The summed E-state index contributed by atoms with van der Waals surface area (Å²) in [6.07, 6.45) is 5.84. The van der Waals surface area contributed by atoms with Crippen molar-refractivity contribution >= 4 is 17.8 Å². The van der Waals surface area contributed by atoms with Crippen LogP contribution in [0.3, 0.4) is 0 Å². The topological polar surface area (TPSA) is 132 Å². The predicted molar refractivity (Wildman–Crippen MR) is 147 cm³/mol. The van der Waals surface area contributed by atoms with Gasteiger partial charge in [-0.15, -0.1) is 0 Å². The molecule has 11 nitrogen and oxygen atoms in total. The molecule has 1 saturated carbocycles. The summed E-state index contributed by atoms with van der Waals surface area (Å²) in [7, 11) is 1.41. The lowest BCUT2D eigenvalue weighted by Gasteiger charge is -2.33. The maximum atomic E-state index is 13.3. The van der Waals surface area contributed by atoms with E-state index in [0.29, 0.717) is 25.0 Å². The van der Waals surface area contributed by atoms with E-state index in [1.807, 2.05) is 30.3 Å². The fourth-order valence-electron chi connectivity index (χ4n) is 5.11. The molecule has 2 heterocycles. The van der Waals surface area contributed by atoms with Crippen LogP contribution in [-0.2, 0) is 23.8 Å². The quantitative estimate of drug-likeness (QED) is 0.330. The van der Waals surface area contributed by atoms with Crippen LogP contribution in [0.25, 0.3) is 0 Å². The predicted octanol–water partition coefficient (Wildman–Crippen LogP) is 3.98. The molecule has 2 aliphatic rings. The van der Waals surface area contributed by atoms with Crippen molar-refractivity contribution in [3.8, 4) is 17.2 Å². The van der Waals surface area contributed by atoms with Crippen molar-refractivity contribution in [2.75, 3.05) is 13.9 Å². The van der Waals surface area contributed by atoms with Gasteiger partial charge in [0.25, 0.3) is 5.91 Å². The van der Waals surface area contributed by atoms with Crippen LogP contribution in [0.4, 0.5) is 0 Å². The van der Waals surface area contributed by atoms with E-state index in [1.165, 1.54) is 26.3 Å². The number of cyclic esters (lactones) is 1. The van der Waals surface area contributed by atoms with Gasteiger partial charge < -0.3 is 33.7 Å². The Morgan fingerprint density at radius 2 is 1.80 bits per heavy atom. The molecule has 4 unspecified atom stereocenters. The van der Waals surface area contributed by atoms with Gasteiger partial charge in [0.1, 0.15) is 17.9 Å². The van der Waals surface area contributed by atoms with Gasteiger partial charge in [-0.1, -0.05) is 31.0 Å². The minimum Gasteiger partial charge on any atom is -0.493 e. The second-order valence-corrected chi connectivity index (χ2v) is 10.2. The molecule has 4 atom stereocenters. The molecule has 1 saturated heterocycles. The number of nitrogens with one attached hydrogen (secondary N) is 1. The third-order valence-corrected chi connectivity index (χ3v) is 7.16. The Bertz CT molecular complexity index is 1170. The zero-order valence-corrected chi connectivity index (χ0v) is 23.7. The molecule has 1 amide bonds. The molecular weight excluding hydrogens is 532 g/mol. The van der Waals surface area contributed by atoms with Crippen LogP contribution in [0.15, 0.2) is 42.6 Å². The second kappa shape index (κ2) is 14.7. The molecule has 0 spiro atoms. The SMILES string of the molecule is COc1ccnc(C(=O)NC2CCCC(OC3CCCC3)C(Oc3ccccc3)C(C)OC2=O)c1OCOC(C)=O. The molecule has 1 aliphatic carbocycles. The van der Waals surface area contributed by atoms with Crippen LogP contribution in [-0.4, -0.2) is 67.2 Å². The average molecular weight is 571 g/mol. The molecule has 1 aromatic carbocycles. The number of nitrogens with zero attached hydrogens (tertiary/aromatic N) is 1. The lowest BCUT2D eigenvalue weighted by Crippen LogP contribution is -2.47. The van der Waals surface area contributed by atoms with Crippen molar-refractivity contribution < 1.29 is 42.8 Å². The fraction of sp³-hybridized carbons (Fsp3) is 0.533. The van der Waals surface area contributed by atoms with Crippen LogP contribution in [0.2, 0.25) is 0 Å². The number of aromatic nitrogens is 1. The van der Waals surface area contributed by atoms with Gasteiger partial charge in [-0.05, 0) is 51.2 Å². The number of pyridine rings is 1. The van der Waals surface area contributed by atoms with Gasteiger partial charge in [0.15, 0.2) is 23.3 Å². The molecule has 222 valence electrons. The van der Waals surface area contributed by atoms with E-state index in [9.17, 15) is 14.4 Å². The van der Waals surface area contributed by atoms with Gasteiger partial charge in [0, 0.05) is 19.2 Å². The van der Waals surface area contributed by atoms with Crippen LogP contribution in [0, 0.1) is 0 Å². The summed E-state index contributed by atoms with van der Waals surface area (Å²) in [6.45, 7) is 2.58. The molecular formula is C30H38N2O9. The van der Waals surface area contributed by atoms with Gasteiger partial charge in [-0.3, -0.25) is 9.59 Å². The van der Waals surface area contributed by atoms with Crippen molar-refractivity contribution in [3.63, 3.8) is 0 Å². The van der Waals surface area contributed by atoms with Crippen molar-refractivity contribution in [1.82, 2.24) is 10.3 Å². The fourth-order valence-corrected chi connectivity index (χ4v) is 5.11. The van der Waals surface area contributed by atoms with Gasteiger partial charge in [0.2, 0.25) is 6.79 Å². The first kappa shape index (κ1) is 30.1. The monoisotopic (exact) mass is 570 g/mol. The van der Waals surface area contributed by atoms with Crippen molar-refractivity contribution in [1.29, 1.82) is 0 Å². The van der Waals surface area contributed by atoms with E-state index < -0.39 is 42.9 Å². The molecule has 0 radical (unpaired) electrons. The number of esters is 2. The number of ether oxygens (including phenoxy) is 6. The van der Waals surface area contributed by atoms with E-state index in [2.05, 4.69) is 10.3 Å². The summed E-state index contributed by atoms with van der Waals surface area (Å²) in [5.74, 6) is -0.928. The first-order chi connectivity index (χ1) is 19.9. The Morgan fingerprint density at radius 3 is 2.51 bits per heavy atom. The van der Waals surface area contributed by atoms with Gasteiger partial charge in [0.05, 0.1) is 19.3 Å². The summed E-state index contributed by atoms with van der Waals surface area (Å²) in [6, 6.07) is 9.96. The molecule has 1 aliphatic heterocycles. The number of methoxy groups -OCH3 is 1. The standard InChI is InChI=1S/C30H38N2O9/c1-19-27(41-22-10-5-4-6-11-22)25(40-21-12-7-8-13-21)15-9-14-23(30(35)39-19)32-29(34)26-28(38-18-37-20(2)33)24(36-3)16-17-31-26/h4-6,10-11,16-17,19,21,23,25,27H,7-9,12-15,18H2,1-3H3,(H,32,34).